The third-order valence-electron chi connectivity index (χ3n) is 3.70. The summed E-state index contributed by atoms with van der Waals surface area (Å²) in [6.45, 7) is 1.77. The molecule has 2 amide bonds. The highest BCUT2D eigenvalue weighted by atomic mass is 35.5. The molecular formula is C15H16Cl2N2O4. The molecule has 0 aromatic heterocycles. The van der Waals surface area contributed by atoms with Gasteiger partial charge in [-0.1, -0.05) is 23.2 Å². The number of hydrogen-bond acceptors (Lipinski definition) is 3. The maximum absolute atomic E-state index is 12.6. The molecule has 0 saturated carbocycles. The number of hydrogen-bond donors (Lipinski definition) is 2. The predicted molar refractivity (Wildman–Crippen MR) is 85.8 cm³/mol. The third kappa shape index (κ3) is 3.95. The SMILES string of the molecule is C[C@@H](NC(=O)C1CCCN1C(=O)c1cc(Cl)ccc1Cl)C(=O)O. The molecule has 8 heteroatoms. The molecule has 0 radical (unpaired) electrons. The van der Waals surface area contributed by atoms with Crippen LogP contribution >= 0.6 is 23.2 Å². The summed E-state index contributed by atoms with van der Waals surface area (Å²) in [6, 6.07) is 2.83. The second kappa shape index (κ2) is 7.19. The molecule has 1 fully saturated rings. The van der Waals surface area contributed by atoms with Crippen LogP contribution in [0.4, 0.5) is 0 Å². The molecule has 1 heterocycles. The summed E-state index contributed by atoms with van der Waals surface area (Å²) in [4.78, 5) is 37.1. The first-order valence-corrected chi connectivity index (χ1v) is 7.86. The van der Waals surface area contributed by atoms with E-state index < -0.39 is 29.9 Å². The van der Waals surface area contributed by atoms with Gasteiger partial charge in [0.2, 0.25) is 5.91 Å². The van der Waals surface area contributed by atoms with E-state index in [0.29, 0.717) is 24.4 Å². The van der Waals surface area contributed by atoms with Crippen LogP contribution in [-0.2, 0) is 9.59 Å². The van der Waals surface area contributed by atoms with Gasteiger partial charge in [0.25, 0.3) is 5.91 Å². The third-order valence-corrected chi connectivity index (χ3v) is 4.27. The van der Waals surface area contributed by atoms with Crippen molar-refractivity contribution in [3.63, 3.8) is 0 Å². The lowest BCUT2D eigenvalue weighted by Crippen LogP contribution is -2.50. The van der Waals surface area contributed by atoms with Crippen molar-refractivity contribution in [1.29, 1.82) is 0 Å². The molecule has 1 aliphatic rings. The Balaban J connectivity index is 2.18. The van der Waals surface area contributed by atoms with Gasteiger partial charge in [-0.2, -0.15) is 0 Å². The number of carbonyl (C=O) groups excluding carboxylic acids is 2. The summed E-state index contributed by atoms with van der Waals surface area (Å²) in [6.07, 6.45) is 1.13. The molecule has 2 N–H and O–H groups in total. The maximum atomic E-state index is 12.6. The van der Waals surface area contributed by atoms with Gasteiger partial charge in [-0.15, -0.1) is 0 Å². The smallest absolute Gasteiger partial charge is 0.325 e. The minimum absolute atomic E-state index is 0.227. The first kappa shape index (κ1) is 17.6. The van der Waals surface area contributed by atoms with E-state index in [1.54, 1.807) is 6.07 Å². The van der Waals surface area contributed by atoms with Gasteiger partial charge in [-0.25, -0.2) is 0 Å². The molecule has 1 aromatic rings. The Hall–Kier alpha value is -1.79. The van der Waals surface area contributed by atoms with Gasteiger partial charge in [0.1, 0.15) is 12.1 Å². The molecular weight excluding hydrogens is 343 g/mol. The van der Waals surface area contributed by atoms with Crippen LogP contribution in [0.5, 0.6) is 0 Å². The largest absolute Gasteiger partial charge is 0.480 e. The van der Waals surface area contributed by atoms with E-state index in [9.17, 15) is 14.4 Å². The number of rotatable bonds is 4. The molecule has 0 spiro atoms. The van der Waals surface area contributed by atoms with Gasteiger partial charge in [-0.05, 0) is 38.0 Å². The zero-order valence-corrected chi connectivity index (χ0v) is 13.9. The lowest BCUT2D eigenvalue weighted by Gasteiger charge is -2.25. The molecule has 1 unspecified atom stereocenters. The minimum Gasteiger partial charge on any atom is -0.480 e. The molecule has 0 bridgehead atoms. The van der Waals surface area contributed by atoms with Crippen molar-refractivity contribution in [3.8, 4) is 0 Å². The number of carboxylic acid groups (broad SMARTS) is 1. The standard InChI is InChI=1S/C15H16Cl2N2O4/c1-8(15(22)23)18-13(20)12-3-2-6-19(12)14(21)10-7-9(16)4-5-11(10)17/h4-5,7-8,12H,2-3,6H2,1H3,(H,18,20)(H,22,23)/t8-,12?/m1/s1. The van der Waals surface area contributed by atoms with E-state index in [4.69, 9.17) is 28.3 Å². The van der Waals surface area contributed by atoms with Crippen molar-refractivity contribution >= 4 is 41.0 Å². The van der Waals surface area contributed by atoms with Gasteiger partial charge in [0, 0.05) is 11.6 Å². The Morgan fingerprint density at radius 2 is 2.04 bits per heavy atom. The number of benzene rings is 1. The first-order chi connectivity index (χ1) is 10.8. The zero-order chi connectivity index (χ0) is 17.1. The summed E-state index contributed by atoms with van der Waals surface area (Å²) in [7, 11) is 0. The van der Waals surface area contributed by atoms with Crippen LogP contribution in [0.2, 0.25) is 10.0 Å². The van der Waals surface area contributed by atoms with E-state index in [1.165, 1.54) is 24.0 Å². The fraction of sp³-hybridized carbons (Fsp3) is 0.400. The van der Waals surface area contributed by atoms with E-state index >= 15 is 0 Å². The van der Waals surface area contributed by atoms with Gasteiger partial charge in [-0.3, -0.25) is 14.4 Å². The van der Waals surface area contributed by atoms with E-state index in [0.717, 1.165) is 0 Å². The Morgan fingerprint density at radius 1 is 1.35 bits per heavy atom. The molecule has 1 aliphatic heterocycles. The van der Waals surface area contributed by atoms with Crippen molar-refractivity contribution in [2.24, 2.45) is 0 Å². The lowest BCUT2D eigenvalue weighted by molar-refractivity contribution is -0.141. The van der Waals surface area contributed by atoms with Crippen LogP contribution in [0, 0.1) is 0 Å². The van der Waals surface area contributed by atoms with Crippen molar-refractivity contribution in [3.05, 3.63) is 33.8 Å². The zero-order valence-electron chi connectivity index (χ0n) is 12.4. The van der Waals surface area contributed by atoms with Crippen molar-refractivity contribution < 1.29 is 19.5 Å². The highest BCUT2D eigenvalue weighted by Crippen LogP contribution is 2.26. The normalized spacial score (nSPS) is 18.6. The first-order valence-electron chi connectivity index (χ1n) is 7.10. The number of nitrogens with zero attached hydrogens (tertiary/aromatic N) is 1. The number of nitrogens with one attached hydrogen (secondary N) is 1. The molecule has 0 aliphatic carbocycles. The van der Waals surface area contributed by atoms with Crippen LogP contribution in [-0.4, -0.2) is 46.4 Å². The lowest BCUT2D eigenvalue weighted by atomic mass is 10.1. The van der Waals surface area contributed by atoms with E-state index in [-0.39, 0.29) is 10.6 Å². The minimum atomic E-state index is -1.13. The molecule has 1 saturated heterocycles. The summed E-state index contributed by atoms with van der Waals surface area (Å²) in [5, 5.41) is 11.9. The van der Waals surface area contributed by atoms with Gasteiger partial charge >= 0.3 is 5.97 Å². The van der Waals surface area contributed by atoms with Gasteiger partial charge < -0.3 is 15.3 Å². The highest BCUT2D eigenvalue weighted by molar-refractivity contribution is 6.35. The van der Waals surface area contributed by atoms with E-state index in [1.807, 2.05) is 0 Å². The summed E-state index contributed by atoms with van der Waals surface area (Å²) in [5.41, 5.74) is 0.227. The monoisotopic (exact) mass is 358 g/mol. The Bertz CT molecular complexity index is 650. The van der Waals surface area contributed by atoms with Crippen LogP contribution in [0.25, 0.3) is 0 Å². The highest BCUT2D eigenvalue weighted by Gasteiger charge is 2.36. The Kier molecular flexibility index (Phi) is 5.49. The predicted octanol–water partition coefficient (Wildman–Crippen LogP) is 2.19. The Morgan fingerprint density at radius 3 is 2.70 bits per heavy atom. The van der Waals surface area contributed by atoms with Crippen LogP contribution in [0.15, 0.2) is 18.2 Å². The van der Waals surface area contributed by atoms with Gasteiger partial charge in [0.15, 0.2) is 0 Å². The average molecular weight is 359 g/mol. The Labute approximate surface area is 143 Å². The molecule has 1 aromatic carbocycles. The van der Waals surface area contributed by atoms with Crippen LogP contribution < -0.4 is 5.32 Å². The van der Waals surface area contributed by atoms with Gasteiger partial charge in [0.05, 0.1) is 10.6 Å². The van der Waals surface area contributed by atoms with E-state index in [2.05, 4.69) is 5.32 Å². The number of aliphatic carboxylic acids is 1. The van der Waals surface area contributed by atoms with Crippen molar-refractivity contribution in [2.75, 3.05) is 6.54 Å². The second-order valence-corrected chi connectivity index (χ2v) is 6.19. The fourth-order valence-corrected chi connectivity index (χ4v) is 2.84. The maximum Gasteiger partial charge on any atom is 0.325 e. The summed E-state index contributed by atoms with van der Waals surface area (Å²) in [5.74, 6) is -2.01. The number of amides is 2. The topological polar surface area (TPSA) is 86.7 Å². The number of halogens is 2. The number of carbonyl (C=O) groups is 3. The average Bonchev–Trinajstić information content (AvgIpc) is 2.98. The summed E-state index contributed by atoms with van der Waals surface area (Å²) < 4.78 is 0. The molecule has 124 valence electrons. The van der Waals surface area contributed by atoms with Crippen molar-refractivity contribution in [1.82, 2.24) is 10.2 Å². The fourth-order valence-electron chi connectivity index (χ4n) is 2.47. The van der Waals surface area contributed by atoms with Crippen molar-refractivity contribution in [2.45, 2.75) is 31.8 Å². The quantitative estimate of drug-likeness (QED) is 0.863. The van der Waals surface area contributed by atoms with Crippen LogP contribution in [0.3, 0.4) is 0 Å². The number of likely N-dealkylation sites (tertiary alicyclic amines) is 1. The molecule has 6 nitrogen and oxygen atoms in total. The summed E-state index contributed by atoms with van der Waals surface area (Å²) >= 11 is 11.9. The molecule has 23 heavy (non-hydrogen) atoms. The molecule has 2 atom stereocenters. The molecule has 2 rings (SSSR count). The second-order valence-electron chi connectivity index (χ2n) is 5.35. The van der Waals surface area contributed by atoms with Crippen LogP contribution in [0.1, 0.15) is 30.1 Å². The number of carboxylic acids is 1.